The van der Waals surface area contributed by atoms with E-state index in [1.54, 1.807) is 11.8 Å². The van der Waals surface area contributed by atoms with Gasteiger partial charge in [0.25, 0.3) is 0 Å². The van der Waals surface area contributed by atoms with Crippen LogP contribution < -0.4 is 4.74 Å². The quantitative estimate of drug-likeness (QED) is 0.240. The molecule has 4 saturated carbocycles. The normalized spacial score (nSPS) is 40.6. The van der Waals surface area contributed by atoms with Gasteiger partial charge in [-0.1, -0.05) is 77.5 Å². The highest BCUT2D eigenvalue weighted by Gasteiger charge is 2.69. The number of ether oxygens (including phenoxy) is 2. The molecule has 47 heavy (non-hydrogen) atoms. The van der Waals surface area contributed by atoms with Gasteiger partial charge in [-0.3, -0.25) is 9.59 Å². The summed E-state index contributed by atoms with van der Waals surface area (Å²) in [5.41, 5.74) is 2.49. The second-order valence-electron chi connectivity index (χ2n) is 17.4. The highest BCUT2D eigenvalue weighted by molar-refractivity contribution is 5.85. The molecule has 7 nitrogen and oxygen atoms in total. The molecule has 0 saturated heterocycles. The van der Waals surface area contributed by atoms with E-state index in [0.717, 1.165) is 57.1 Å². The third-order valence-electron chi connectivity index (χ3n) is 15.4. The van der Waals surface area contributed by atoms with Gasteiger partial charge in [0, 0.05) is 11.8 Å². The molecule has 2 aromatic rings. The molecule has 1 aromatic heterocycles. The molecule has 0 radical (unpaired) electrons. The molecule has 0 bridgehead atoms. The minimum Gasteiger partial charge on any atom is -0.494 e. The maximum Gasteiger partial charge on any atom is 0.313 e. The zero-order valence-corrected chi connectivity index (χ0v) is 29.9. The van der Waals surface area contributed by atoms with Crippen LogP contribution in [-0.2, 0) is 20.9 Å². The Morgan fingerprint density at radius 3 is 2.51 bits per heavy atom. The average Bonchev–Trinajstić information content (AvgIpc) is 3.53. The van der Waals surface area contributed by atoms with Gasteiger partial charge >= 0.3 is 5.97 Å². The molecule has 7 rings (SSSR count). The van der Waals surface area contributed by atoms with Crippen LogP contribution in [0.5, 0.6) is 5.75 Å². The summed E-state index contributed by atoms with van der Waals surface area (Å²) in [6, 6.07) is 7.68. The Bertz CT molecular complexity index is 1610. The largest absolute Gasteiger partial charge is 0.494 e. The number of carbonyl (C=O) groups is 2. The zero-order valence-electron chi connectivity index (χ0n) is 29.9. The summed E-state index contributed by atoms with van der Waals surface area (Å²) in [7, 11) is 1.64. The summed E-state index contributed by atoms with van der Waals surface area (Å²) < 4.78 is 13.4. The van der Waals surface area contributed by atoms with Gasteiger partial charge in [0.05, 0.1) is 18.7 Å². The van der Waals surface area contributed by atoms with Gasteiger partial charge in [-0.2, -0.15) is 0 Å². The summed E-state index contributed by atoms with van der Waals surface area (Å²) in [5, 5.41) is 8.66. The average molecular weight is 642 g/mol. The lowest BCUT2D eigenvalue weighted by molar-refractivity contribution is -0.193. The van der Waals surface area contributed by atoms with E-state index in [0.29, 0.717) is 47.3 Å². The Labute approximate surface area is 281 Å². The topological polar surface area (TPSA) is 83.3 Å². The monoisotopic (exact) mass is 641 g/mol. The van der Waals surface area contributed by atoms with E-state index < -0.39 is 5.41 Å². The van der Waals surface area contributed by atoms with Crippen molar-refractivity contribution < 1.29 is 19.1 Å². The van der Waals surface area contributed by atoms with Gasteiger partial charge in [0.2, 0.25) is 0 Å². The van der Waals surface area contributed by atoms with Gasteiger partial charge in [0.15, 0.2) is 0 Å². The molecule has 0 unspecified atom stereocenters. The van der Waals surface area contributed by atoms with Crippen molar-refractivity contribution in [1.82, 2.24) is 15.0 Å². The number of nitrogens with zero attached hydrogens (tertiary/aromatic N) is 3. The Balaban J connectivity index is 1.18. The third-order valence-corrected chi connectivity index (χ3v) is 15.4. The number of hydrogen-bond donors (Lipinski definition) is 0. The van der Waals surface area contributed by atoms with Crippen LogP contribution in [0, 0.1) is 56.7 Å². The van der Waals surface area contributed by atoms with Crippen molar-refractivity contribution in [3.8, 4) is 11.4 Å². The predicted octanol–water partition coefficient (Wildman–Crippen LogP) is 8.55. The minimum atomic E-state index is -0.514. The number of hydrogen-bond acceptors (Lipinski definition) is 6. The second kappa shape index (κ2) is 11.0. The number of Topliss-reactive ketones (excluding diaryl/α,β-unsaturated/α-hetero) is 1. The van der Waals surface area contributed by atoms with E-state index in [-0.39, 0.29) is 40.2 Å². The van der Waals surface area contributed by atoms with Crippen molar-refractivity contribution in [2.45, 2.75) is 113 Å². The summed E-state index contributed by atoms with van der Waals surface area (Å²) in [6.45, 7) is 17.0. The van der Waals surface area contributed by atoms with E-state index in [1.807, 2.05) is 30.5 Å². The van der Waals surface area contributed by atoms with Crippen molar-refractivity contribution in [1.29, 1.82) is 0 Å². The highest BCUT2D eigenvalue weighted by atomic mass is 16.5. The smallest absolute Gasteiger partial charge is 0.313 e. The van der Waals surface area contributed by atoms with Crippen molar-refractivity contribution in [2.24, 2.45) is 56.7 Å². The zero-order chi connectivity index (χ0) is 33.6. The van der Waals surface area contributed by atoms with Gasteiger partial charge in [-0.05, 0) is 109 Å². The molecule has 0 N–H and O–H groups in total. The molecule has 9 atom stereocenters. The van der Waals surface area contributed by atoms with E-state index >= 15 is 0 Å². The first-order valence-corrected chi connectivity index (χ1v) is 18.2. The molecule has 5 aliphatic rings. The first-order chi connectivity index (χ1) is 22.2. The van der Waals surface area contributed by atoms with Gasteiger partial charge in [0.1, 0.15) is 29.5 Å². The molecule has 0 amide bonds. The number of allylic oxidation sites excluding steroid dienone is 2. The highest BCUT2D eigenvalue weighted by Crippen LogP contribution is 2.75. The fourth-order valence-corrected chi connectivity index (χ4v) is 12.2. The predicted molar refractivity (Wildman–Crippen MR) is 182 cm³/mol. The number of methoxy groups -OCH3 is 1. The Kier molecular flexibility index (Phi) is 7.65. The summed E-state index contributed by atoms with van der Waals surface area (Å²) in [6.07, 6.45) is 13.2. The standard InChI is InChI=1S/C40H55N3O4/c1-25-15-20-40(35(45)47-24-27-23-43(42-41-27)29-11-9-10-12-30(29)46-8)22-21-38(6)28(34(40)26(25)2)13-14-32-37(5)18-17-33(44)36(3,4)31(37)16-19-39(32,38)7/h9-13,23,25-26,31-32,34H,14-22,24H2,1-8H3/t25-,26+,31+,32-,34+,37+,38-,39-,40+/m1/s1. The Hall–Kier alpha value is -2.96. The van der Waals surface area contributed by atoms with Crippen LogP contribution in [0.3, 0.4) is 0 Å². The summed E-state index contributed by atoms with van der Waals surface area (Å²) in [5.74, 6) is 3.19. The summed E-state index contributed by atoms with van der Waals surface area (Å²) in [4.78, 5) is 27.6. The number of fused-ring (bicyclic) bond motifs is 7. The minimum absolute atomic E-state index is 0.0205. The lowest BCUT2D eigenvalue weighted by atomic mass is 9.33. The molecule has 7 heteroatoms. The third kappa shape index (κ3) is 4.49. The molecule has 1 heterocycles. The molecule has 5 aliphatic carbocycles. The number of rotatable bonds is 5. The Morgan fingerprint density at radius 2 is 1.74 bits per heavy atom. The van der Waals surface area contributed by atoms with Crippen molar-refractivity contribution in [2.75, 3.05) is 7.11 Å². The van der Waals surface area contributed by atoms with Crippen LogP contribution >= 0.6 is 0 Å². The van der Waals surface area contributed by atoms with E-state index in [1.165, 1.54) is 5.57 Å². The lowest BCUT2D eigenvalue weighted by Crippen LogP contribution is -2.65. The number of ketones is 1. The van der Waals surface area contributed by atoms with Gasteiger partial charge in [-0.25, -0.2) is 4.68 Å². The maximum atomic E-state index is 14.5. The SMILES string of the molecule is COc1ccccc1-n1cc(COC(=O)[C@]23CC[C@@H](C)[C@H](C)[C@H]2C2=CC[C@@H]4[C@@]5(C)CCC(=O)C(C)(C)[C@@H]5CC[C@@]4(C)[C@]2(C)CC3)nn1. The van der Waals surface area contributed by atoms with E-state index in [2.05, 4.69) is 64.9 Å². The molecule has 0 aliphatic heterocycles. The molecular formula is C40H55N3O4. The van der Waals surface area contributed by atoms with Crippen LogP contribution in [-0.4, -0.2) is 33.9 Å². The number of aromatic nitrogens is 3. The van der Waals surface area contributed by atoms with Crippen LogP contribution in [0.25, 0.3) is 5.69 Å². The molecule has 254 valence electrons. The fraction of sp³-hybridized carbons (Fsp3) is 0.700. The van der Waals surface area contributed by atoms with Crippen LogP contribution in [0.2, 0.25) is 0 Å². The molecule has 0 spiro atoms. The number of para-hydroxylation sites is 2. The second-order valence-corrected chi connectivity index (χ2v) is 17.4. The van der Waals surface area contributed by atoms with E-state index in [4.69, 9.17) is 9.47 Å². The lowest BCUT2D eigenvalue weighted by Gasteiger charge is -2.70. The van der Waals surface area contributed by atoms with Crippen LogP contribution in [0.15, 0.2) is 42.1 Å². The molecule has 1 aromatic carbocycles. The molecule has 4 fully saturated rings. The van der Waals surface area contributed by atoms with Crippen LogP contribution in [0.1, 0.15) is 112 Å². The first-order valence-electron chi connectivity index (χ1n) is 18.2. The van der Waals surface area contributed by atoms with E-state index in [9.17, 15) is 9.59 Å². The first kappa shape index (κ1) is 32.6. The maximum absolute atomic E-state index is 14.5. The fourth-order valence-electron chi connectivity index (χ4n) is 12.2. The molecular weight excluding hydrogens is 586 g/mol. The Morgan fingerprint density at radius 1 is 0.979 bits per heavy atom. The van der Waals surface area contributed by atoms with Crippen molar-refractivity contribution in [3.63, 3.8) is 0 Å². The number of carbonyl (C=O) groups excluding carboxylic acids is 2. The number of benzene rings is 1. The number of esters is 1. The van der Waals surface area contributed by atoms with Gasteiger partial charge < -0.3 is 9.47 Å². The van der Waals surface area contributed by atoms with Crippen molar-refractivity contribution >= 4 is 11.8 Å². The van der Waals surface area contributed by atoms with Gasteiger partial charge in [-0.15, -0.1) is 5.10 Å². The summed E-state index contributed by atoms with van der Waals surface area (Å²) >= 11 is 0. The van der Waals surface area contributed by atoms with Crippen LogP contribution in [0.4, 0.5) is 0 Å². The van der Waals surface area contributed by atoms with Crippen molar-refractivity contribution in [3.05, 3.63) is 47.8 Å².